The molecule has 2 saturated heterocycles. The monoisotopic (exact) mass is 464 g/mol. The predicted molar refractivity (Wildman–Crippen MR) is 112 cm³/mol. The van der Waals surface area contributed by atoms with E-state index in [0.29, 0.717) is 52.1 Å². The highest BCUT2D eigenvalue weighted by atomic mass is 32.2. The molecule has 2 fully saturated rings. The van der Waals surface area contributed by atoms with Gasteiger partial charge < -0.3 is 10.2 Å². The lowest BCUT2D eigenvalue weighted by atomic mass is 10.4. The number of rotatable bonds is 10. The Bertz CT molecular complexity index is 880. The van der Waals surface area contributed by atoms with Crippen molar-refractivity contribution in [1.29, 1.82) is 0 Å². The predicted octanol–water partition coefficient (Wildman–Crippen LogP) is -0.0137. The molecular formula is C17H28N4O5S3. The third-order valence-corrected chi connectivity index (χ3v) is 10.3. The van der Waals surface area contributed by atoms with E-state index in [1.807, 2.05) is 0 Å². The fourth-order valence-corrected chi connectivity index (χ4v) is 7.72. The molecule has 0 atom stereocenters. The second-order valence-electron chi connectivity index (χ2n) is 7.14. The Morgan fingerprint density at radius 2 is 1.86 bits per heavy atom. The smallest absolute Gasteiger partial charge is 0.252 e. The van der Waals surface area contributed by atoms with Gasteiger partial charge in [-0.15, -0.1) is 11.3 Å². The van der Waals surface area contributed by atoms with Gasteiger partial charge in [-0.1, -0.05) is 6.07 Å². The third kappa shape index (κ3) is 5.76. The van der Waals surface area contributed by atoms with E-state index in [1.54, 1.807) is 16.3 Å². The van der Waals surface area contributed by atoms with Gasteiger partial charge in [0.2, 0.25) is 15.9 Å². The molecule has 164 valence electrons. The minimum Gasteiger partial charge on any atom is -0.343 e. The van der Waals surface area contributed by atoms with Crippen molar-refractivity contribution in [3.8, 4) is 0 Å². The lowest BCUT2D eigenvalue weighted by Crippen LogP contribution is -2.48. The highest BCUT2D eigenvalue weighted by Gasteiger charge is 2.30. The van der Waals surface area contributed by atoms with Gasteiger partial charge in [-0.25, -0.2) is 16.8 Å². The summed E-state index contributed by atoms with van der Waals surface area (Å²) in [4.78, 5) is 13.5. The number of carbonyl (C=O) groups is 1. The first kappa shape index (κ1) is 22.6. The van der Waals surface area contributed by atoms with Crippen LogP contribution in [-0.2, 0) is 24.8 Å². The minimum atomic E-state index is -3.77. The molecule has 0 unspecified atom stereocenters. The van der Waals surface area contributed by atoms with E-state index < -0.39 is 20.0 Å². The lowest BCUT2D eigenvalue weighted by molar-refractivity contribution is -0.127. The molecule has 0 bridgehead atoms. The lowest BCUT2D eigenvalue weighted by Gasteiger charge is -2.28. The van der Waals surface area contributed by atoms with Gasteiger partial charge in [-0.05, 0) is 24.3 Å². The molecule has 29 heavy (non-hydrogen) atoms. The quantitative estimate of drug-likeness (QED) is 0.522. The standard InChI is InChI=1S/C17H28N4O5S3/c22-16-4-1-8-19(16)9-3-10-21(29(25,26)17-5-2-14-27-17)13-15-28(23,24)20-11-6-18-7-12-20/h2,5,14,18H,1,3-4,6-13,15H2. The van der Waals surface area contributed by atoms with E-state index in [4.69, 9.17) is 0 Å². The fraction of sp³-hybridized carbons (Fsp3) is 0.706. The molecule has 1 N–H and O–H groups in total. The molecule has 0 saturated carbocycles. The van der Waals surface area contributed by atoms with Gasteiger partial charge in [-0.2, -0.15) is 8.61 Å². The third-order valence-electron chi connectivity index (χ3n) is 5.16. The summed E-state index contributed by atoms with van der Waals surface area (Å²) in [5.74, 6) is -0.154. The zero-order valence-corrected chi connectivity index (χ0v) is 18.8. The van der Waals surface area contributed by atoms with Crippen LogP contribution >= 0.6 is 11.3 Å². The molecule has 2 aliphatic heterocycles. The number of amides is 1. The molecule has 0 spiro atoms. The van der Waals surface area contributed by atoms with E-state index in [2.05, 4.69) is 5.32 Å². The van der Waals surface area contributed by atoms with E-state index >= 15 is 0 Å². The molecule has 3 rings (SSSR count). The van der Waals surface area contributed by atoms with Crippen molar-refractivity contribution in [3.05, 3.63) is 17.5 Å². The van der Waals surface area contributed by atoms with Crippen LogP contribution in [0.15, 0.2) is 21.7 Å². The molecule has 2 aliphatic rings. The zero-order valence-electron chi connectivity index (χ0n) is 16.3. The number of sulfonamides is 2. The van der Waals surface area contributed by atoms with Gasteiger partial charge >= 0.3 is 0 Å². The summed E-state index contributed by atoms with van der Waals surface area (Å²) in [5, 5.41) is 4.80. The molecule has 1 aromatic rings. The number of nitrogens with one attached hydrogen (secondary N) is 1. The van der Waals surface area contributed by atoms with Crippen LogP contribution < -0.4 is 5.32 Å². The van der Waals surface area contributed by atoms with Crippen LogP contribution in [0.2, 0.25) is 0 Å². The van der Waals surface area contributed by atoms with Gasteiger partial charge in [0.05, 0.1) is 5.75 Å². The Hall–Kier alpha value is -1.05. The number of likely N-dealkylation sites (tertiary alicyclic amines) is 1. The Kier molecular flexibility index (Phi) is 7.68. The van der Waals surface area contributed by atoms with Crippen LogP contribution in [0.25, 0.3) is 0 Å². The Labute approximate surface area is 176 Å². The maximum absolute atomic E-state index is 13.0. The maximum Gasteiger partial charge on any atom is 0.252 e. The summed E-state index contributed by atoms with van der Waals surface area (Å²) in [5.41, 5.74) is 0. The minimum absolute atomic E-state index is 0.0962. The number of thiophene rings is 1. The van der Waals surface area contributed by atoms with E-state index in [-0.39, 0.29) is 29.0 Å². The van der Waals surface area contributed by atoms with Gasteiger partial charge in [0.15, 0.2) is 0 Å². The van der Waals surface area contributed by atoms with E-state index in [1.165, 1.54) is 14.7 Å². The van der Waals surface area contributed by atoms with E-state index in [9.17, 15) is 21.6 Å². The summed E-state index contributed by atoms with van der Waals surface area (Å²) in [7, 11) is -7.30. The molecule has 1 amide bonds. The summed E-state index contributed by atoms with van der Waals surface area (Å²) >= 11 is 1.12. The normalized spacial score (nSPS) is 19.3. The van der Waals surface area contributed by atoms with Gasteiger partial charge in [0.1, 0.15) is 4.21 Å². The highest BCUT2D eigenvalue weighted by Crippen LogP contribution is 2.22. The van der Waals surface area contributed by atoms with E-state index in [0.717, 1.165) is 17.8 Å². The molecular weight excluding hydrogens is 436 g/mol. The largest absolute Gasteiger partial charge is 0.343 e. The second-order valence-corrected chi connectivity index (χ2v) is 12.3. The molecule has 0 radical (unpaired) electrons. The SMILES string of the molecule is O=C1CCCN1CCCN(CCS(=O)(=O)N1CCNCC1)S(=O)(=O)c1cccs1. The first-order valence-corrected chi connectivity index (χ1v) is 13.7. The summed E-state index contributed by atoms with van der Waals surface area (Å²) in [6, 6.07) is 3.19. The topological polar surface area (TPSA) is 107 Å². The first-order chi connectivity index (χ1) is 13.8. The van der Waals surface area contributed by atoms with Crippen LogP contribution in [0.1, 0.15) is 19.3 Å². The van der Waals surface area contributed by atoms with Gasteiger partial charge in [0.25, 0.3) is 10.0 Å². The van der Waals surface area contributed by atoms with Crippen LogP contribution in [0, 0.1) is 0 Å². The fourth-order valence-electron chi connectivity index (χ4n) is 3.54. The highest BCUT2D eigenvalue weighted by molar-refractivity contribution is 7.91. The Morgan fingerprint density at radius 1 is 1.10 bits per heavy atom. The van der Waals surface area contributed by atoms with Crippen molar-refractivity contribution in [2.75, 3.05) is 58.1 Å². The Morgan fingerprint density at radius 3 is 2.48 bits per heavy atom. The van der Waals surface area contributed by atoms with Crippen molar-refractivity contribution >= 4 is 37.3 Å². The molecule has 9 nitrogen and oxygen atoms in total. The van der Waals surface area contributed by atoms with Crippen molar-refractivity contribution < 1.29 is 21.6 Å². The molecule has 0 aromatic carbocycles. The summed E-state index contributed by atoms with van der Waals surface area (Å²) < 4.78 is 54.2. The number of nitrogens with zero attached hydrogens (tertiary/aromatic N) is 3. The molecule has 12 heteroatoms. The van der Waals surface area contributed by atoms with Crippen molar-refractivity contribution in [2.45, 2.75) is 23.5 Å². The van der Waals surface area contributed by atoms with Crippen LogP contribution in [0.3, 0.4) is 0 Å². The van der Waals surface area contributed by atoms with Crippen LogP contribution in [-0.4, -0.2) is 94.4 Å². The molecule has 3 heterocycles. The maximum atomic E-state index is 13.0. The van der Waals surface area contributed by atoms with Gasteiger partial charge in [0, 0.05) is 58.8 Å². The summed E-state index contributed by atoms with van der Waals surface area (Å²) in [6.45, 7) is 3.27. The first-order valence-electron chi connectivity index (χ1n) is 9.81. The number of hydrogen-bond donors (Lipinski definition) is 1. The average molecular weight is 465 g/mol. The second kappa shape index (κ2) is 9.84. The van der Waals surface area contributed by atoms with Crippen LogP contribution in [0.5, 0.6) is 0 Å². The van der Waals surface area contributed by atoms with Crippen molar-refractivity contribution in [1.82, 2.24) is 18.8 Å². The number of piperazine rings is 1. The van der Waals surface area contributed by atoms with Crippen LogP contribution in [0.4, 0.5) is 0 Å². The molecule has 0 aliphatic carbocycles. The van der Waals surface area contributed by atoms with Crippen molar-refractivity contribution in [3.63, 3.8) is 0 Å². The zero-order chi connectivity index (χ0) is 20.9. The summed E-state index contributed by atoms with van der Waals surface area (Å²) in [6.07, 6.45) is 1.85. The number of carbonyl (C=O) groups excluding carboxylic acids is 1. The van der Waals surface area contributed by atoms with Gasteiger partial charge in [-0.3, -0.25) is 4.79 Å². The molecule has 1 aromatic heterocycles. The van der Waals surface area contributed by atoms with Crippen molar-refractivity contribution in [2.24, 2.45) is 0 Å². The average Bonchev–Trinajstić information content (AvgIpc) is 3.37. The Balaban J connectivity index is 1.66. The number of hydrogen-bond acceptors (Lipinski definition) is 7.